The van der Waals surface area contributed by atoms with Crippen LogP contribution in [-0.2, 0) is 12.5 Å². The number of hydrogen-bond donors (Lipinski definition) is 2. The predicted octanol–water partition coefficient (Wildman–Crippen LogP) is 3.46. The van der Waals surface area contributed by atoms with Gasteiger partial charge >= 0.3 is 11.9 Å². The SMILES string of the molecule is Cc1cccc(-c2oc(-c3nn(Cc4ccc(C(C)(F)F)o4)nc3C(N)=O)nc2C(=O)O)c1. The van der Waals surface area contributed by atoms with E-state index in [1.165, 1.54) is 6.07 Å². The van der Waals surface area contributed by atoms with E-state index in [4.69, 9.17) is 14.6 Å². The van der Waals surface area contributed by atoms with Gasteiger partial charge in [-0.3, -0.25) is 4.79 Å². The highest BCUT2D eigenvalue weighted by atomic mass is 19.3. The Morgan fingerprint density at radius 1 is 1.15 bits per heavy atom. The number of alkyl halides is 2. The minimum absolute atomic E-state index is 0.0352. The van der Waals surface area contributed by atoms with Gasteiger partial charge in [0.1, 0.15) is 12.3 Å². The van der Waals surface area contributed by atoms with E-state index in [1.807, 2.05) is 13.0 Å². The topological polar surface area (TPSA) is 150 Å². The molecule has 0 fully saturated rings. The average molecular weight is 457 g/mol. The first-order valence-corrected chi connectivity index (χ1v) is 9.56. The first kappa shape index (κ1) is 21.9. The molecular weight excluding hydrogens is 440 g/mol. The third kappa shape index (κ3) is 4.35. The highest BCUT2D eigenvalue weighted by Crippen LogP contribution is 2.31. The molecule has 0 atom stereocenters. The zero-order valence-corrected chi connectivity index (χ0v) is 17.4. The number of carbonyl (C=O) groups is 2. The lowest BCUT2D eigenvalue weighted by atomic mass is 10.1. The molecule has 0 saturated heterocycles. The second-order valence-corrected chi connectivity index (χ2v) is 7.32. The summed E-state index contributed by atoms with van der Waals surface area (Å²) in [6, 6.07) is 9.35. The zero-order valence-electron chi connectivity index (χ0n) is 17.4. The Labute approximate surface area is 184 Å². The van der Waals surface area contributed by atoms with Gasteiger partial charge in [-0.2, -0.15) is 18.6 Å². The molecule has 0 aliphatic heterocycles. The van der Waals surface area contributed by atoms with Crippen LogP contribution >= 0.6 is 0 Å². The molecule has 4 rings (SSSR count). The van der Waals surface area contributed by atoms with E-state index in [9.17, 15) is 23.5 Å². The fraction of sp³-hybridized carbons (Fsp3) is 0.190. The van der Waals surface area contributed by atoms with Crippen LogP contribution in [0.2, 0.25) is 0 Å². The van der Waals surface area contributed by atoms with Crippen LogP contribution < -0.4 is 5.73 Å². The number of nitrogens with two attached hydrogens (primary N) is 1. The van der Waals surface area contributed by atoms with Crippen LogP contribution in [0.25, 0.3) is 22.9 Å². The predicted molar refractivity (Wildman–Crippen MR) is 109 cm³/mol. The molecule has 4 aromatic rings. The van der Waals surface area contributed by atoms with Crippen LogP contribution in [0.5, 0.6) is 0 Å². The van der Waals surface area contributed by atoms with Crippen molar-refractivity contribution in [3.63, 3.8) is 0 Å². The van der Waals surface area contributed by atoms with E-state index >= 15 is 0 Å². The third-order valence-electron chi connectivity index (χ3n) is 4.59. The van der Waals surface area contributed by atoms with Gasteiger partial charge < -0.3 is 19.7 Å². The highest BCUT2D eigenvalue weighted by molar-refractivity contribution is 5.97. The van der Waals surface area contributed by atoms with E-state index in [0.717, 1.165) is 16.4 Å². The number of furan rings is 1. The summed E-state index contributed by atoms with van der Waals surface area (Å²) in [4.78, 5) is 28.6. The molecular formula is C21H17F2N5O5. The van der Waals surface area contributed by atoms with Crippen LogP contribution in [0.15, 0.2) is 45.2 Å². The van der Waals surface area contributed by atoms with E-state index in [-0.39, 0.29) is 41.0 Å². The van der Waals surface area contributed by atoms with Crippen molar-refractivity contribution in [2.45, 2.75) is 26.3 Å². The Kier molecular flexibility index (Phi) is 5.28. The molecule has 3 heterocycles. The van der Waals surface area contributed by atoms with Crippen molar-refractivity contribution < 1.29 is 32.3 Å². The largest absolute Gasteiger partial charge is 0.476 e. The van der Waals surface area contributed by atoms with Crippen LogP contribution in [0.3, 0.4) is 0 Å². The van der Waals surface area contributed by atoms with Crippen molar-refractivity contribution in [1.29, 1.82) is 0 Å². The molecule has 3 N–H and O–H groups in total. The van der Waals surface area contributed by atoms with Crippen LogP contribution in [0, 0.1) is 6.92 Å². The number of aromatic carboxylic acids is 1. The molecule has 0 spiro atoms. The molecule has 0 aliphatic rings. The Morgan fingerprint density at radius 3 is 2.52 bits per heavy atom. The van der Waals surface area contributed by atoms with Gasteiger partial charge in [-0.1, -0.05) is 23.8 Å². The number of oxazole rings is 1. The van der Waals surface area contributed by atoms with Gasteiger partial charge in [-0.25, -0.2) is 4.79 Å². The number of carbonyl (C=O) groups excluding carboxylic acids is 1. The third-order valence-corrected chi connectivity index (χ3v) is 4.59. The minimum atomic E-state index is -3.17. The number of carboxylic acid groups (broad SMARTS) is 1. The summed E-state index contributed by atoms with van der Waals surface area (Å²) in [5.41, 5.74) is 5.79. The van der Waals surface area contributed by atoms with Gasteiger partial charge in [-0.05, 0) is 25.1 Å². The second-order valence-electron chi connectivity index (χ2n) is 7.32. The molecule has 33 heavy (non-hydrogen) atoms. The van der Waals surface area contributed by atoms with E-state index in [0.29, 0.717) is 12.5 Å². The van der Waals surface area contributed by atoms with Crippen LogP contribution in [0.1, 0.15) is 45.0 Å². The van der Waals surface area contributed by atoms with Crippen molar-refractivity contribution in [1.82, 2.24) is 20.0 Å². The normalized spacial score (nSPS) is 11.6. The number of halogens is 2. The number of amides is 1. The molecule has 0 saturated carbocycles. The van der Waals surface area contributed by atoms with Crippen molar-refractivity contribution in [2.75, 3.05) is 0 Å². The Balaban J connectivity index is 1.75. The van der Waals surface area contributed by atoms with Gasteiger partial charge in [0, 0.05) is 12.5 Å². The lowest BCUT2D eigenvalue weighted by molar-refractivity contribution is -0.00641. The number of carboxylic acids is 1. The summed E-state index contributed by atoms with van der Waals surface area (Å²) in [5.74, 6) is -6.25. The van der Waals surface area contributed by atoms with Crippen LogP contribution in [-0.4, -0.2) is 37.0 Å². The maximum Gasteiger partial charge on any atom is 0.358 e. The van der Waals surface area contributed by atoms with Gasteiger partial charge in [0.2, 0.25) is 0 Å². The van der Waals surface area contributed by atoms with E-state index in [1.54, 1.807) is 18.2 Å². The van der Waals surface area contributed by atoms with Gasteiger partial charge in [-0.15, -0.1) is 10.2 Å². The summed E-state index contributed by atoms with van der Waals surface area (Å²) in [6.45, 7) is 2.32. The summed E-state index contributed by atoms with van der Waals surface area (Å²) in [6.07, 6.45) is 0. The standard InChI is InChI=1S/C21H17F2N5O5/c1-10-4-3-5-11(8-10)17-16(20(30)31)25-19(33-17)15-14(18(24)29)26-28(27-15)9-12-6-7-13(32-12)21(2,22)23/h3-8H,9H2,1-2H3,(H2,24,29)(H,30,31). The number of hydrogen-bond acceptors (Lipinski definition) is 7. The van der Waals surface area contributed by atoms with Crippen molar-refractivity contribution in [3.05, 3.63) is 64.9 Å². The molecule has 0 aliphatic carbocycles. The van der Waals surface area contributed by atoms with Crippen molar-refractivity contribution >= 4 is 11.9 Å². The van der Waals surface area contributed by atoms with Crippen molar-refractivity contribution in [2.24, 2.45) is 5.73 Å². The highest BCUT2D eigenvalue weighted by Gasteiger charge is 2.30. The Hall–Kier alpha value is -4.35. The van der Waals surface area contributed by atoms with Gasteiger partial charge in [0.05, 0.1) is 0 Å². The number of aromatic nitrogens is 4. The maximum absolute atomic E-state index is 13.4. The maximum atomic E-state index is 13.4. The van der Waals surface area contributed by atoms with Gasteiger partial charge in [0.15, 0.2) is 28.6 Å². The fourth-order valence-corrected chi connectivity index (χ4v) is 3.12. The Morgan fingerprint density at radius 2 is 1.91 bits per heavy atom. The quantitative estimate of drug-likeness (QED) is 0.428. The van der Waals surface area contributed by atoms with E-state index < -0.39 is 23.6 Å². The lowest BCUT2D eigenvalue weighted by Crippen LogP contribution is -2.14. The summed E-state index contributed by atoms with van der Waals surface area (Å²) in [5, 5.41) is 17.6. The number of primary amides is 1. The number of benzene rings is 1. The van der Waals surface area contributed by atoms with Crippen molar-refractivity contribution in [3.8, 4) is 22.9 Å². The smallest absolute Gasteiger partial charge is 0.358 e. The molecule has 3 aromatic heterocycles. The second kappa shape index (κ2) is 7.97. The summed E-state index contributed by atoms with van der Waals surface area (Å²) < 4.78 is 37.6. The molecule has 170 valence electrons. The van der Waals surface area contributed by atoms with Gasteiger partial charge in [0.25, 0.3) is 11.8 Å². The lowest BCUT2D eigenvalue weighted by Gasteiger charge is -2.05. The summed E-state index contributed by atoms with van der Waals surface area (Å²) in [7, 11) is 0. The molecule has 12 heteroatoms. The molecule has 10 nitrogen and oxygen atoms in total. The number of rotatable bonds is 7. The first-order valence-electron chi connectivity index (χ1n) is 9.56. The fourth-order valence-electron chi connectivity index (χ4n) is 3.12. The molecule has 0 unspecified atom stereocenters. The molecule has 1 amide bonds. The first-order chi connectivity index (χ1) is 15.5. The van der Waals surface area contributed by atoms with Crippen LogP contribution in [0.4, 0.5) is 8.78 Å². The number of aryl methyl sites for hydroxylation is 1. The summed E-state index contributed by atoms with van der Waals surface area (Å²) >= 11 is 0. The monoisotopic (exact) mass is 457 g/mol. The zero-order chi connectivity index (χ0) is 23.9. The molecule has 0 radical (unpaired) electrons. The molecule has 1 aromatic carbocycles. The Bertz CT molecular complexity index is 1370. The average Bonchev–Trinajstić information content (AvgIpc) is 3.45. The molecule has 0 bridgehead atoms. The number of nitrogens with zero attached hydrogens (tertiary/aromatic N) is 4. The minimum Gasteiger partial charge on any atom is -0.476 e. The van der Waals surface area contributed by atoms with E-state index in [2.05, 4.69) is 15.2 Å².